The van der Waals surface area contributed by atoms with Crippen LogP contribution in [0.3, 0.4) is 0 Å². The Morgan fingerprint density at radius 2 is 2.05 bits per heavy atom. The van der Waals surface area contributed by atoms with Gasteiger partial charge in [0, 0.05) is 21.7 Å². The topological polar surface area (TPSA) is 12.0 Å². The van der Waals surface area contributed by atoms with Gasteiger partial charge in [0.1, 0.15) is 5.82 Å². The molecule has 112 valence electrons. The molecule has 0 amide bonds. The Kier molecular flexibility index (Phi) is 6.74. The molecular formula is C17H19BrFNS. The fourth-order valence-corrected chi connectivity index (χ4v) is 3.25. The number of benzene rings is 2. The van der Waals surface area contributed by atoms with Crippen molar-refractivity contribution < 1.29 is 4.39 Å². The second-order valence-electron chi connectivity index (χ2n) is 4.85. The summed E-state index contributed by atoms with van der Waals surface area (Å²) in [6.07, 6.45) is 1.14. The lowest BCUT2D eigenvalue weighted by Gasteiger charge is -2.07. The molecule has 2 aromatic carbocycles. The number of halogens is 2. The zero-order chi connectivity index (χ0) is 15.1. The molecule has 0 radical (unpaired) electrons. The Balaban J connectivity index is 1.95. The lowest BCUT2D eigenvalue weighted by atomic mass is 10.2. The third kappa shape index (κ3) is 5.46. The summed E-state index contributed by atoms with van der Waals surface area (Å²) in [5.74, 6) is 0.489. The summed E-state index contributed by atoms with van der Waals surface area (Å²) in [5.41, 5.74) is 2.00. The van der Waals surface area contributed by atoms with Gasteiger partial charge in [-0.1, -0.05) is 41.1 Å². The molecule has 0 aromatic heterocycles. The van der Waals surface area contributed by atoms with Crippen LogP contribution in [0.2, 0.25) is 0 Å². The van der Waals surface area contributed by atoms with Crippen molar-refractivity contribution in [1.82, 2.24) is 5.32 Å². The molecular weight excluding hydrogens is 349 g/mol. The summed E-state index contributed by atoms with van der Waals surface area (Å²) < 4.78 is 14.6. The highest BCUT2D eigenvalue weighted by atomic mass is 79.9. The van der Waals surface area contributed by atoms with Gasteiger partial charge in [-0.3, -0.25) is 0 Å². The van der Waals surface area contributed by atoms with Crippen molar-refractivity contribution >= 4 is 27.7 Å². The first-order valence-corrected chi connectivity index (χ1v) is 8.83. The Morgan fingerprint density at radius 1 is 1.19 bits per heavy atom. The van der Waals surface area contributed by atoms with E-state index in [4.69, 9.17) is 0 Å². The van der Waals surface area contributed by atoms with Crippen LogP contribution in [0.4, 0.5) is 4.39 Å². The molecule has 0 saturated carbocycles. The summed E-state index contributed by atoms with van der Waals surface area (Å²) in [5, 5.41) is 3.39. The highest BCUT2D eigenvalue weighted by Crippen LogP contribution is 2.26. The minimum atomic E-state index is -0.155. The van der Waals surface area contributed by atoms with E-state index in [1.165, 1.54) is 16.5 Å². The van der Waals surface area contributed by atoms with Crippen LogP contribution in [0.1, 0.15) is 24.5 Å². The van der Waals surface area contributed by atoms with Gasteiger partial charge in [0.15, 0.2) is 0 Å². The van der Waals surface area contributed by atoms with Crippen LogP contribution < -0.4 is 5.32 Å². The van der Waals surface area contributed by atoms with Crippen LogP contribution in [0.5, 0.6) is 0 Å². The molecule has 2 rings (SSSR count). The van der Waals surface area contributed by atoms with Crippen molar-refractivity contribution in [2.45, 2.75) is 30.5 Å². The lowest BCUT2D eigenvalue weighted by molar-refractivity contribution is 0.616. The number of hydrogen-bond acceptors (Lipinski definition) is 2. The highest BCUT2D eigenvalue weighted by Gasteiger charge is 2.04. The van der Waals surface area contributed by atoms with Gasteiger partial charge < -0.3 is 5.32 Å². The Bertz CT molecular complexity index is 589. The van der Waals surface area contributed by atoms with Gasteiger partial charge in [-0.05, 0) is 48.4 Å². The Hall–Kier alpha value is -0.840. The molecule has 0 atom stereocenters. The molecule has 0 bridgehead atoms. The molecule has 21 heavy (non-hydrogen) atoms. The van der Waals surface area contributed by atoms with Crippen LogP contribution in [0, 0.1) is 5.82 Å². The van der Waals surface area contributed by atoms with Gasteiger partial charge in [-0.2, -0.15) is 0 Å². The average Bonchev–Trinajstić information content (AvgIpc) is 2.47. The molecule has 0 fully saturated rings. The summed E-state index contributed by atoms with van der Waals surface area (Å²) in [4.78, 5) is 1.17. The van der Waals surface area contributed by atoms with E-state index in [0.717, 1.165) is 29.5 Å². The van der Waals surface area contributed by atoms with Crippen molar-refractivity contribution in [3.63, 3.8) is 0 Å². The van der Waals surface area contributed by atoms with Crippen LogP contribution in [-0.2, 0) is 12.3 Å². The first-order valence-electron chi connectivity index (χ1n) is 7.05. The summed E-state index contributed by atoms with van der Waals surface area (Å²) in [6, 6.07) is 13.6. The monoisotopic (exact) mass is 367 g/mol. The van der Waals surface area contributed by atoms with E-state index in [0.29, 0.717) is 5.75 Å². The number of hydrogen-bond donors (Lipinski definition) is 1. The van der Waals surface area contributed by atoms with Gasteiger partial charge in [-0.15, -0.1) is 11.8 Å². The van der Waals surface area contributed by atoms with Crippen molar-refractivity contribution in [2.75, 3.05) is 6.54 Å². The largest absolute Gasteiger partial charge is 0.313 e. The molecule has 1 N–H and O–H groups in total. The minimum absolute atomic E-state index is 0.155. The van der Waals surface area contributed by atoms with Gasteiger partial charge in [0.25, 0.3) is 0 Å². The van der Waals surface area contributed by atoms with Crippen LogP contribution in [0.15, 0.2) is 51.8 Å². The van der Waals surface area contributed by atoms with Gasteiger partial charge in [-0.25, -0.2) is 4.39 Å². The van der Waals surface area contributed by atoms with E-state index < -0.39 is 0 Å². The number of rotatable bonds is 7. The SMILES string of the molecule is CCCNCc1cccc(SCc2ccc(Br)cc2F)c1. The van der Waals surface area contributed by atoms with Gasteiger partial charge >= 0.3 is 0 Å². The molecule has 4 heteroatoms. The van der Waals surface area contributed by atoms with E-state index in [1.807, 2.05) is 12.1 Å². The number of thioether (sulfide) groups is 1. The zero-order valence-electron chi connectivity index (χ0n) is 12.0. The second kappa shape index (κ2) is 8.57. The van der Waals surface area contributed by atoms with Gasteiger partial charge in [0.05, 0.1) is 0 Å². The van der Waals surface area contributed by atoms with Crippen LogP contribution >= 0.6 is 27.7 Å². The Morgan fingerprint density at radius 3 is 2.81 bits per heavy atom. The third-order valence-corrected chi connectivity index (χ3v) is 4.60. The highest BCUT2D eigenvalue weighted by molar-refractivity contribution is 9.10. The first-order chi connectivity index (χ1) is 10.2. The van der Waals surface area contributed by atoms with Crippen LogP contribution in [0.25, 0.3) is 0 Å². The van der Waals surface area contributed by atoms with E-state index in [-0.39, 0.29) is 5.82 Å². The summed E-state index contributed by atoms with van der Waals surface area (Å²) >= 11 is 4.94. The predicted molar refractivity (Wildman–Crippen MR) is 92.1 cm³/mol. The molecule has 0 aliphatic rings. The predicted octanol–water partition coefficient (Wildman–Crippen LogP) is 5.38. The summed E-state index contributed by atoms with van der Waals surface area (Å²) in [7, 11) is 0. The molecule has 1 nitrogen and oxygen atoms in total. The zero-order valence-corrected chi connectivity index (χ0v) is 14.4. The maximum Gasteiger partial charge on any atom is 0.128 e. The standard InChI is InChI=1S/C17H19BrFNS/c1-2-8-20-11-13-4-3-5-16(9-13)21-12-14-6-7-15(18)10-17(14)19/h3-7,9-10,20H,2,8,11-12H2,1H3. The van der Waals surface area contributed by atoms with E-state index in [1.54, 1.807) is 11.8 Å². The quantitative estimate of drug-likeness (QED) is 0.520. The maximum atomic E-state index is 13.8. The number of nitrogens with one attached hydrogen (secondary N) is 1. The maximum absolute atomic E-state index is 13.8. The van der Waals surface area contributed by atoms with Crippen molar-refractivity contribution in [2.24, 2.45) is 0 Å². The van der Waals surface area contributed by atoms with Crippen molar-refractivity contribution in [3.05, 3.63) is 63.9 Å². The fraction of sp³-hybridized carbons (Fsp3) is 0.294. The van der Waals surface area contributed by atoms with E-state index in [2.05, 4.69) is 52.4 Å². The lowest BCUT2D eigenvalue weighted by Crippen LogP contribution is -2.13. The molecule has 0 aliphatic carbocycles. The van der Waals surface area contributed by atoms with E-state index in [9.17, 15) is 4.39 Å². The van der Waals surface area contributed by atoms with Gasteiger partial charge in [0.2, 0.25) is 0 Å². The fourth-order valence-electron chi connectivity index (χ4n) is 1.95. The molecule has 0 spiro atoms. The first kappa shape index (κ1) is 16.5. The van der Waals surface area contributed by atoms with Crippen molar-refractivity contribution in [1.29, 1.82) is 0 Å². The molecule has 2 aromatic rings. The van der Waals surface area contributed by atoms with E-state index >= 15 is 0 Å². The average molecular weight is 368 g/mol. The summed E-state index contributed by atoms with van der Waals surface area (Å²) in [6.45, 7) is 4.07. The van der Waals surface area contributed by atoms with Crippen LogP contribution in [-0.4, -0.2) is 6.54 Å². The molecule has 0 saturated heterocycles. The molecule has 0 unspecified atom stereocenters. The smallest absolute Gasteiger partial charge is 0.128 e. The molecule has 0 aliphatic heterocycles. The minimum Gasteiger partial charge on any atom is -0.313 e. The third-order valence-electron chi connectivity index (χ3n) is 3.06. The second-order valence-corrected chi connectivity index (χ2v) is 6.81. The van der Waals surface area contributed by atoms with Crippen molar-refractivity contribution in [3.8, 4) is 0 Å². The molecule has 0 heterocycles. The Labute approximate surface area is 138 Å². The normalized spacial score (nSPS) is 10.8.